The maximum atomic E-state index is 13.5. The van der Waals surface area contributed by atoms with Gasteiger partial charge in [-0.1, -0.05) is 18.2 Å². The van der Waals surface area contributed by atoms with E-state index < -0.39 is 17.2 Å². The van der Waals surface area contributed by atoms with Crippen LogP contribution >= 0.6 is 0 Å². The molecular weight excluding hydrogens is 341 g/mol. The second-order valence-electron chi connectivity index (χ2n) is 7.27. The summed E-state index contributed by atoms with van der Waals surface area (Å²) in [6.07, 6.45) is 1.97. The SMILES string of the molecule is CC(C)N1CC=C2C(C#N)=C(N)C(C#N)(C#N)C(c3ccc(F)cc3)C2C1. The van der Waals surface area contributed by atoms with Gasteiger partial charge in [-0.25, -0.2) is 4.39 Å². The fraction of sp³-hybridized carbons (Fsp3) is 0.381. The fourth-order valence-electron chi connectivity index (χ4n) is 4.17. The molecule has 5 nitrogen and oxygen atoms in total. The molecule has 0 bridgehead atoms. The summed E-state index contributed by atoms with van der Waals surface area (Å²) in [5.41, 5.74) is 6.22. The van der Waals surface area contributed by atoms with Crippen LogP contribution in [0.15, 0.2) is 47.2 Å². The van der Waals surface area contributed by atoms with Gasteiger partial charge in [-0.2, -0.15) is 15.8 Å². The summed E-state index contributed by atoms with van der Waals surface area (Å²) in [4.78, 5) is 2.22. The van der Waals surface area contributed by atoms with Crippen LogP contribution in [0.4, 0.5) is 4.39 Å². The Morgan fingerprint density at radius 3 is 2.33 bits per heavy atom. The average Bonchev–Trinajstić information content (AvgIpc) is 2.67. The molecule has 2 atom stereocenters. The van der Waals surface area contributed by atoms with E-state index in [2.05, 4.69) is 37.0 Å². The van der Waals surface area contributed by atoms with Crippen LogP contribution < -0.4 is 5.73 Å². The maximum Gasteiger partial charge on any atom is 0.191 e. The number of fused-ring (bicyclic) bond motifs is 1. The summed E-state index contributed by atoms with van der Waals surface area (Å²) in [5, 5.41) is 29.6. The number of nitrogens with zero attached hydrogens (tertiary/aromatic N) is 4. The van der Waals surface area contributed by atoms with E-state index in [1.807, 2.05) is 6.08 Å². The van der Waals surface area contributed by atoms with Gasteiger partial charge in [-0.15, -0.1) is 0 Å². The normalized spacial score (nSPS) is 24.4. The number of hydrogen-bond donors (Lipinski definition) is 1. The Labute approximate surface area is 158 Å². The van der Waals surface area contributed by atoms with Gasteiger partial charge >= 0.3 is 0 Å². The Morgan fingerprint density at radius 2 is 1.81 bits per heavy atom. The van der Waals surface area contributed by atoms with Crippen molar-refractivity contribution in [1.29, 1.82) is 15.8 Å². The number of benzene rings is 1. The molecule has 2 aliphatic rings. The zero-order chi connectivity index (χ0) is 19.8. The van der Waals surface area contributed by atoms with E-state index in [0.717, 1.165) is 5.57 Å². The predicted octanol–water partition coefficient (Wildman–Crippen LogP) is 2.96. The smallest absolute Gasteiger partial charge is 0.191 e. The first kappa shape index (κ1) is 18.6. The van der Waals surface area contributed by atoms with Crippen LogP contribution in [-0.4, -0.2) is 24.0 Å². The molecule has 0 aromatic heterocycles. The van der Waals surface area contributed by atoms with Gasteiger partial charge in [0.2, 0.25) is 0 Å². The van der Waals surface area contributed by atoms with Crippen LogP contribution in [0.1, 0.15) is 25.3 Å². The number of nitrogens with two attached hydrogens (primary N) is 1. The average molecular weight is 361 g/mol. The number of hydrogen-bond acceptors (Lipinski definition) is 5. The Balaban J connectivity index is 2.29. The molecule has 0 radical (unpaired) electrons. The van der Waals surface area contributed by atoms with Gasteiger partial charge in [0.25, 0.3) is 0 Å². The third-order valence-electron chi connectivity index (χ3n) is 5.65. The number of rotatable bonds is 2. The van der Waals surface area contributed by atoms with Gasteiger partial charge in [0.15, 0.2) is 5.41 Å². The molecule has 0 saturated carbocycles. The van der Waals surface area contributed by atoms with E-state index >= 15 is 0 Å². The molecular formula is C21H20FN5. The minimum atomic E-state index is -1.68. The van der Waals surface area contributed by atoms with Crippen LogP contribution in [-0.2, 0) is 0 Å². The van der Waals surface area contributed by atoms with Gasteiger partial charge in [0.05, 0.1) is 23.4 Å². The van der Waals surface area contributed by atoms with Crippen molar-refractivity contribution in [3.05, 3.63) is 58.6 Å². The summed E-state index contributed by atoms with van der Waals surface area (Å²) in [7, 11) is 0. The van der Waals surface area contributed by atoms with Gasteiger partial charge < -0.3 is 5.73 Å². The molecule has 1 aromatic rings. The lowest BCUT2D eigenvalue weighted by Crippen LogP contribution is -2.49. The van der Waals surface area contributed by atoms with Crippen LogP contribution in [0.2, 0.25) is 0 Å². The first-order chi connectivity index (χ1) is 12.9. The molecule has 0 amide bonds. The summed E-state index contributed by atoms with van der Waals surface area (Å²) >= 11 is 0. The maximum absolute atomic E-state index is 13.5. The zero-order valence-electron chi connectivity index (χ0n) is 15.3. The molecule has 136 valence electrons. The van der Waals surface area contributed by atoms with Crippen molar-refractivity contribution >= 4 is 0 Å². The molecule has 1 aliphatic heterocycles. The van der Waals surface area contributed by atoms with Gasteiger partial charge in [0.1, 0.15) is 11.9 Å². The third kappa shape index (κ3) is 2.78. The van der Waals surface area contributed by atoms with Crippen molar-refractivity contribution in [3.63, 3.8) is 0 Å². The molecule has 2 unspecified atom stereocenters. The molecule has 27 heavy (non-hydrogen) atoms. The molecule has 2 N–H and O–H groups in total. The summed E-state index contributed by atoms with van der Waals surface area (Å²) in [6, 6.07) is 12.4. The minimum Gasteiger partial charge on any atom is -0.399 e. The van der Waals surface area contributed by atoms with Crippen molar-refractivity contribution in [3.8, 4) is 18.2 Å². The number of nitriles is 3. The van der Waals surface area contributed by atoms with E-state index in [-0.39, 0.29) is 23.2 Å². The molecule has 0 saturated heterocycles. The molecule has 0 spiro atoms. The van der Waals surface area contributed by atoms with E-state index in [0.29, 0.717) is 18.7 Å². The highest BCUT2D eigenvalue weighted by atomic mass is 19.1. The fourth-order valence-corrected chi connectivity index (χ4v) is 4.17. The Morgan fingerprint density at radius 1 is 1.19 bits per heavy atom. The minimum absolute atomic E-state index is 0.00942. The predicted molar refractivity (Wildman–Crippen MR) is 97.9 cm³/mol. The first-order valence-electron chi connectivity index (χ1n) is 8.82. The second-order valence-corrected chi connectivity index (χ2v) is 7.27. The van der Waals surface area contributed by atoms with Gasteiger partial charge in [-0.3, -0.25) is 4.90 Å². The van der Waals surface area contributed by atoms with Crippen molar-refractivity contribution in [1.82, 2.24) is 4.90 Å². The molecule has 6 heteroatoms. The van der Waals surface area contributed by atoms with Crippen LogP contribution in [0.5, 0.6) is 0 Å². The molecule has 3 rings (SSSR count). The van der Waals surface area contributed by atoms with E-state index in [9.17, 15) is 20.2 Å². The highest BCUT2D eigenvalue weighted by Crippen LogP contribution is 2.54. The first-order valence-corrected chi connectivity index (χ1v) is 8.82. The zero-order valence-corrected chi connectivity index (χ0v) is 15.3. The topological polar surface area (TPSA) is 101 Å². The van der Waals surface area contributed by atoms with Crippen molar-refractivity contribution in [2.45, 2.75) is 25.8 Å². The Kier molecular flexibility index (Phi) is 4.75. The lowest BCUT2D eigenvalue weighted by molar-refractivity contribution is 0.174. The summed E-state index contributed by atoms with van der Waals surface area (Å²) in [6.45, 7) is 5.41. The number of halogens is 1. The van der Waals surface area contributed by atoms with Crippen molar-refractivity contribution in [2.75, 3.05) is 13.1 Å². The molecule has 0 fully saturated rings. The molecule has 1 heterocycles. The van der Waals surface area contributed by atoms with Gasteiger partial charge in [0, 0.05) is 31.0 Å². The summed E-state index contributed by atoms with van der Waals surface area (Å²) < 4.78 is 13.5. The van der Waals surface area contributed by atoms with Crippen LogP contribution in [0.3, 0.4) is 0 Å². The monoisotopic (exact) mass is 361 g/mol. The lowest BCUT2D eigenvalue weighted by Gasteiger charge is -2.46. The molecule has 1 aromatic carbocycles. The third-order valence-corrected chi connectivity index (χ3v) is 5.65. The Bertz CT molecular complexity index is 923. The van der Waals surface area contributed by atoms with E-state index in [1.165, 1.54) is 12.1 Å². The number of allylic oxidation sites excluding steroid dienone is 2. The van der Waals surface area contributed by atoms with Gasteiger partial charge in [-0.05, 0) is 37.1 Å². The highest BCUT2D eigenvalue weighted by Gasteiger charge is 2.54. The molecule has 1 aliphatic carbocycles. The van der Waals surface area contributed by atoms with Crippen molar-refractivity contribution in [2.24, 2.45) is 17.1 Å². The quantitative estimate of drug-likeness (QED) is 0.873. The lowest BCUT2D eigenvalue weighted by atomic mass is 9.58. The van der Waals surface area contributed by atoms with Crippen molar-refractivity contribution < 1.29 is 4.39 Å². The largest absolute Gasteiger partial charge is 0.399 e. The van der Waals surface area contributed by atoms with Crippen LogP contribution in [0.25, 0.3) is 0 Å². The second kappa shape index (κ2) is 6.88. The summed E-state index contributed by atoms with van der Waals surface area (Å²) in [5.74, 6) is -1.23. The highest BCUT2D eigenvalue weighted by molar-refractivity contribution is 5.59. The van der Waals surface area contributed by atoms with Crippen LogP contribution in [0, 0.1) is 51.1 Å². The standard InChI is InChI=1S/C21H20FN5/c1-13(2)27-8-7-16-17(9-23)20(26)21(11-24,12-25)19(18(16)10-27)14-3-5-15(22)6-4-14/h3-7,13,18-19H,8,10,26H2,1-2H3. The Hall–Kier alpha value is -3.14. The van der Waals surface area contributed by atoms with E-state index in [1.54, 1.807) is 12.1 Å². The van der Waals surface area contributed by atoms with E-state index in [4.69, 9.17) is 5.73 Å².